The van der Waals surface area contributed by atoms with Gasteiger partial charge in [-0.05, 0) is 66.2 Å². The number of primary amides is 1. The largest absolute Gasteiger partial charge is 0.388 e. The Bertz CT molecular complexity index is 1750. The van der Waals surface area contributed by atoms with Crippen LogP contribution in [0.1, 0.15) is 198 Å². The molecule has 0 aromatic heterocycles. The molecule has 0 saturated heterocycles. The van der Waals surface area contributed by atoms with Gasteiger partial charge in [-0.25, -0.2) is 0 Å². The van der Waals surface area contributed by atoms with Crippen LogP contribution in [0.4, 0.5) is 0 Å². The average molecular weight is 1160 g/mol. The van der Waals surface area contributed by atoms with Crippen LogP contribution in [0.25, 0.3) is 0 Å². The predicted molar refractivity (Wildman–Crippen MR) is 333 cm³/mol. The van der Waals surface area contributed by atoms with Crippen molar-refractivity contribution in [2.45, 2.75) is 198 Å². The van der Waals surface area contributed by atoms with Crippen LogP contribution in [0.2, 0.25) is 0 Å². The number of likely N-dealkylation sites (N-methyl/N-ethyl adjacent to an activating group) is 1. The zero-order valence-corrected chi connectivity index (χ0v) is 56.0. The van der Waals surface area contributed by atoms with Crippen LogP contribution in [0.5, 0.6) is 0 Å². The van der Waals surface area contributed by atoms with Crippen LogP contribution in [0, 0.1) is 64.1 Å². The smallest absolute Gasteiger partial charge is 0.236 e. The topological polar surface area (TPSA) is 328 Å². The first kappa shape index (κ1) is 91.7. The number of rotatable bonds is 26. The molecule has 0 spiro atoms. The van der Waals surface area contributed by atoms with E-state index in [0.29, 0.717) is 18.9 Å². The minimum Gasteiger partial charge on any atom is -0.388 e. The van der Waals surface area contributed by atoms with Gasteiger partial charge in [0.1, 0.15) is 11.6 Å². The molecule has 0 aliphatic rings. The first-order valence-electron chi connectivity index (χ1n) is 28.9. The van der Waals surface area contributed by atoms with Crippen LogP contribution in [0.3, 0.4) is 0 Å². The van der Waals surface area contributed by atoms with Crippen molar-refractivity contribution in [2.24, 2.45) is 64.7 Å². The molecule has 0 radical (unpaired) electrons. The van der Waals surface area contributed by atoms with E-state index in [1.807, 2.05) is 123 Å². The van der Waals surface area contributed by atoms with Gasteiger partial charge in [0.2, 0.25) is 47.3 Å². The lowest BCUT2D eigenvalue weighted by Gasteiger charge is -2.20. The van der Waals surface area contributed by atoms with Gasteiger partial charge >= 0.3 is 0 Å². The lowest BCUT2D eigenvalue weighted by Crippen LogP contribution is -2.35. The molecular formula is C60H123N11O10. The summed E-state index contributed by atoms with van der Waals surface area (Å²) in [5, 5.41) is 25.0. The molecule has 8 amide bonds. The summed E-state index contributed by atoms with van der Waals surface area (Å²) >= 11 is 0. The number of amidine groups is 1. The van der Waals surface area contributed by atoms with Gasteiger partial charge in [-0.15, -0.1) is 0 Å². The maximum atomic E-state index is 11.2. The van der Waals surface area contributed by atoms with Gasteiger partial charge in [-0.1, -0.05) is 131 Å². The highest BCUT2D eigenvalue weighted by Gasteiger charge is 2.14. The van der Waals surface area contributed by atoms with Gasteiger partial charge in [0, 0.05) is 113 Å². The lowest BCUT2D eigenvalue weighted by atomic mass is 10.1. The number of hydrogen-bond acceptors (Lipinski definition) is 12. The second-order valence-electron chi connectivity index (χ2n) is 22.6. The maximum Gasteiger partial charge on any atom is 0.236 e. The highest BCUT2D eigenvalue weighted by atomic mass is 16.2. The van der Waals surface area contributed by atoms with E-state index in [1.165, 1.54) is 11.8 Å². The normalized spacial score (nSPS) is 9.96. The molecule has 0 saturated carbocycles. The van der Waals surface area contributed by atoms with E-state index in [4.69, 9.17) is 22.3 Å². The van der Waals surface area contributed by atoms with Gasteiger partial charge in [0.25, 0.3) is 0 Å². The quantitative estimate of drug-likeness (QED) is 0.0236. The molecule has 0 aliphatic carbocycles. The van der Waals surface area contributed by atoms with Crippen LogP contribution >= 0.6 is 0 Å². The van der Waals surface area contributed by atoms with Crippen molar-refractivity contribution in [3.05, 3.63) is 0 Å². The summed E-state index contributed by atoms with van der Waals surface area (Å²) < 4.78 is 0. The summed E-state index contributed by atoms with van der Waals surface area (Å²) in [6.07, 6.45) is 5.36. The molecule has 0 atom stereocenters. The van der Waals surface area contributed by atoms with Gasteiger partial charge in [-0.3, -0.25) is 53.4 Å². The molecule has 0 aliphatic heterocycles. The molecule has 478 valence electrons. The second-order valence-corrected chi connectivity index (χ2v) is 22.6. The monoisotopic (exact) mass is 1160 g/mol. The number of nitrogens with zero attached hydrogens (tertiary/aromatic N) is 3. The first-order valence-corrected chi connectivity index (χ1v) is 28.9. The maximum absolute atomic E-state index is 11.2. The number of hydrogen-bond donors (Lipinski definition) is 8. The van der Waals surface area contributed by atoms with Crippen molar-refractivity contribution < 1.29 is 47.9 Å². The molecule has 0 aromatic carbocycles. The van der Waals surface area contributed by atoms with Crippen molar-refractivity contribution in [2.75, 3.05) is 67.0 Å². The van der Waals surface area contributed by atoms with Crippen molar-refractivity contribution in [1.82, 2.24) is 36.0 Å². The van der Waals surface area contributed by atoms with Gasteiger partial charge in [0.15, 0.2) is 0 Å². The molecule has 0 fully saturated rings. The molecule has 0 unspecified atom stereocenters. The molecule has 0 bridgehead atoms. The van der Waals surface area contributed by atoms with E-state index in [1.54, 1.807) is 46.8 Å². The minimum atomic E-state index is -0.519. The lowest BCUT2D eigenvalue weighted by molar-refractivity contribution is -0.136. The second kappa shape index (κ2) is 57.5. The Morgan fingerprint density at radius 1 is 0.444 bits per heavy atom. The fourth-order valence-corrected chi connectivity index (χ4v) is 4.96. The zero-order chi connectivity index (χ0) is 65.9. The Morgan fingerprint density at radius 2 is 0.802 bits per heavy atom. The Balaban J connectivity index is -0.000000126. The number of carbonyl (C=O) groups is 10. The van der Waals surface area contributed by atoms with Gasteiger partial charge < -0.3 is 52.8 Å². The van der Waals surface area contributed by atoms with Crippen molar-refractivity contribution in [3.8, 4) is 0 Å². The molecule has 0 rings (SSSR count). The number of ketones is 2. The first-order chi connectivity index (χ1) is 36.9. The number of nitrogens with one attached hydrogen (secondary N) is 6. The highest BCUT2D eigenvalue weighted by Crippen LogP contribution is 2.02. The van der Waals surface area contributed by atoms with E-state index >= 15 is 0 Å². The molecule has 10 N–H and O–H groups in total. The van der Waals surface area contributed by atoms with Crippen LogP contribution in [-0.2, 0) is 47.9 Å². The van der Waals surface area contributed by atoms with Gasteiger partial charge in [-0.2, -0.15) is 0 Å². The minimum absolute atomic E-state index is 0.0141. The van der Waals surface area contributed by atoms with Crippen LogP contribution in [-0.4, -0.2) is 152 Å². The number of unbranched alkanes of at least 4 members (excludes halogenated alkanes) is 2. The summed E-state index contributed by atoms with van der Waals surface area (Å²) in [5.41, 5.74) is 10.7. The molecular weight excluding hydrogens is 1030 g/mol. The summed E-state index contributed by atoms with van der Waals surface area (Å²) in [4.78, 5) is 113. The molecule has 21 nitrogen and oxygen atoms in total. The zero-order valence-electron chi connectivity index (χ0n) is 56.0. The van der Waals surface area contributed by atoms with Crippen molar-refractivity contribution in [1.29, 1.82) is 10.8 Å². The number of amides is 8. The Labute approximate surface area is 492 Å². The summed E-state index contributed by atoms with van der Waals surface area (Å²) in [7, 11) is 5.18. The standard InChI is InChI=1S/C11H22N2O.C8H17N3O.C8H15NO2.2C8H17NO.C6H12N2O2.C6H13NO.C5H10O/c1-9(2)11(14)13-8-6-4-5-7-10(3)12;1-6(2)8(12)11-5-3-4-7(9)10;1-6(2)8(11)9(4)5-7(3)10;1-6(2)5-9-8(10)7(3)4;1-5-9(6-2)8(10)7(3)4;1-4(2)6(10)8-3-5(7)9;1-5(2)6(8)7(3)4;1-4(2)5(3)6/h9,12H,4-8H2,1-3H3,(H,13,14);6H,3-5H2,1-2H3,(H3,9,10)(H,11,12);6H,5H2,1-4H3;6-7H,5H2,1-4H3,(H,9,10);7H,5-6H2,1-4H3;4H,3H2,1-2H3,(H2,7,9)(H,8,10);5H,1-4H3;4H,1-3H3. The summed E-state index contributed by atoms with van der Waals surface area (Å²) in [6, 6.07) is 0. The van der Waals surface area contributed by atoms with Crippen molar-refractivity contribution in [3.63, 3.8) is 0 Å². The molecule has 0 aromatic rings. The summed E-state index contributed by atoms with van der Waals surface area (Å²) in [6.45, 7) is 46.9. The third kappa shape index (κ3) is 74.2. The van der Waals surface area contributed by atoms with E-state index in [2.05, 4.69) is 35.1 Å². The highest BCUT2D eigenvalue weighted by molar-refractivity contribution is 5.86. The molecule has 81 heavy (non-hydrogen) atoms. The Morgan fingerprint density at radius 3 is 1.05 bits per heavy atom. The molecule has 0 heterocycles. The van der Waals surface area contributed by atoms with E-state index < -0.39 is 5.91 Å². The number of nitrogens with two attached hydrogens (primary N) is 2. The number of Topliss-reactive ketones (excluding diaryl/α,β-unsaturated/α-hetero) is 2. The molecule has 21 heteroatoms. The van der Waals surface area contributed by atoms with Crippen LogP contribution < -0.4 is 32.7 Å². The third-order valence-electron chi connectivity index (χ3n) is 10.3. The number of carbonyl (C=O) groups excluding carboxylic acids is 10. The van der Waals surface area contributed by atoms with Gasteiger partial charge in [0.05, 0.1) is 18.9 Å². The fourth-order valence-electron chi connectivity index (χ4n) is 4.96. The van der Waals surface area contributed by atoms with E-state index in [0.717, 1.165) is 64.0 Å². The van der Waals surface area contributed by atoms with Crippen molar-refractivity contribution >= 4 is 70.4 Å². The average Bonchev–Trinajstić information content (AvgIpc) is 3.35. The van der Waals surface area contributed by atoms with E-state index in [-0.39, 0.29) is 119 Å². The van der Waals surface area contributed by atoms with Crippen LogP contribution in [0.15, 0.2) is 0 Å². The fraction of sp³-hybridized carbons (Fsp3) is 0.800. The Hall–Kier alpha value is -5.76. The predicted octanol–water partition coefficient (Wildman–Crippen LogP) is 7.65. The van der Waals surface area contributed by atoms with E-state index in [9.17, 15) is 47.9 Å². The summed E-state index contributed by atoms with van der Waals surface area (Å²) in [5.74, 6) is 1.69. The SMILES string of the molecule is CC(=N)CCCCCNC(=O)C(C)C.CC(=O)C(C)C.CC(=O)CN(C)C(=O)C(C)C.CC(C)C(=O)N(C)C.CC(C)C(=O)NCC(N)=O.CC(C)C(=O)NCCCC(=N)N.CC(C)CNC(=O)C(C)C.CCN(CC)C(=O)C(C)C. The Kier molecular flexibility index (Phi) is 65.1. The third-order valence-corrected chi connectivity index (χ3v) is 10.3.